The quantitative estimate of drug-likeness (QED) is 0.539. The van der Waals surface area contributed by atoms with Crippen molar-refractivity contribution in [3.63, 3.8) is 0 Å². The second-order valence-corrected chi connectivity index (χ2v) is 2.17. The van der Waals surface area contributed by atoms with E-state index in [9.17, 15) is 0 Å². The SMILES string of the molecule is NCCO.c1ncc2[nH]cnc2n1. The number of rotatable bonds is 1. The van der Waals surface area contributed by atoms with Crippen LogP contribution >= 0.6 is 0 Å². The molecule has 0 spiro atoms. The number of aliphatic hydroxyl groups is 1. The van der Waals surface area contributed by atoms with Crippen molar-refractivity contribution < 1.29 is 5.11 Å². The molecule has 0 bridgehead atoms. The Morgan fingerprint density at radius 1 is 1.46 bits per heavy atom. The van der Waals surface area contributed by atoms with Crippen LogP contribution in [0.4, 0.5) is 0 Å². The Hall–Kier alpha value is -1.53. The summed E-state index contributed by atoms with van der Waals surface area (Å²) in [5.74, 6) is 0. The van der Waals surface area contributed by atoms with Crippen molar-refractivity contribution in [1.82, 2.24) is 19.9 Å². The maximum Gasteiger partial charge on any atom is 0.180 e. The fourth-order valence-corrected chi connectivity index (χ4v) is 0.691. The van der Waals surface area contributed by atoms with Crippen LogP contribution in [0.2, 0.25) is 0 Å². The molecule has 2 aromatic heterocycles. The predicted molar refractivity (Wildman–Crippen MR) is 47.8 cm³/mol. The van der Waals surface area contributed by atoms with E-state index in [0.29, 0.717) is 12.2 Å². The molecule has 0 fully saturated rings. The highest BCUT2D eigenvalue weighted by atomic mass is 16.3. The lowest BCUT2D eigenvalue weighted by atomic mass is 10.6. The summed E-state index contributed by atoms with van der Waals surface area (Å²) in [6.45, 7) is 0.472. The lowest BCUT2D eigenvalue weighted by Crippen LogP contribution is -2.02. The van der Waals surface area contributed by atoms with Gasteiger partial charge in [-0.25, -0.2) is 15.0 Å². The van der Waals surface area contributed by atoms with Gasteiger partial charge >= 0.3 is 0 Å². The highest BCUT2D eigenvalue weighted by molar-refractivity contribution is 5.67. The molecule has 0 radical (unpaired) electrons. The number of aromatic amines is 1. The van der Waals surface area contributed by atoms with Gasteiger partial charge in [-0.05, 0) is 0 Å². The Labute approximate surface area is 74.9 Å². The minimum Gasteiger partial charge on any atom is -0.395 e. The zero-order valence-corrected chi connectivity index (χ0v) is 7.01. The van der Waals surface area contributed by atoms with Crippen molar-refractivity contribution in [2.24, 2.45) is 5.73 Å². The molecule has 0 atom stereocenters. The van der Waals surface area contributed by atoms with E-state index in [1.165, 1.54) is 6.33 Å². The van der Waals surface area contributed by atoms with Crippen LogP contribution in [0.5, 0.6) is 0 Å². The van der Waals surface area contributed by atoms with E-state index in [1.54, 1.807) is 12.5 Å². The Bertz CT molecular complexity index is 315. The number of nitrogens with two attached hydrogens (primary N) is 1. The number of nitrogens with one attached hydrogen (secondary N) is 1. The van der Waals surface area contributed by atoms with Crippen LogP contribution in [0, 0.1) is 0 Å². The number of H-pyrrole nitrogens is 1. The van der Waals surface area contributed by atoms with Gasteiger partial charge in [0.25, 0.3) is 0 Å². The van der Waals surface area contributed by atoms with Gasteiger partial charge in [0.1, 0.15) is 11.8 Å². The van der Waals surface area contributed by atoms with Crippen molar-refractivity contribution in [1.29, 1.82) is 0 Å². The van der Waals surface area contributed by atoms with Crippen LogP contribution in [0.15, 0.2) is 18.9 Å². The first-order valence-corrected chi connectivity index (χ1v) is 3.78. The van der Waals surface area contributed by atoms with Gasteiger partial charge in [-0.15, -0.1) is 0 Å². The van der Waals surface area contributed by atoms with E-state index in [0.717, 1.165) is 5.52 Å². The van der Waals surface area contributed by atoms with Crippen LogP contribution in [0.25, 0.3) is 11.2 Å². The Morgan fingerprint density at radius 3 is 2.85 bits per heavy atom. The smallest absolute Gasteiger partial charge is 0.180 e. The van der Waals surface area contributed by atoms with Gasteiger partial charge in [-0.3, -0.25) is 0 Å². The summed E-state index contributed by atoms with van der Waals surface area (Å²) < 4.78 is 0. The second kappa shape index (κ2) is 5.18. The average Bonchev–Trinajstić information content (AvgIpc) is 2.66. The van der Waals surface area contributed by atoms with Gasteiger partial charge < -0.3 is 15.8 Å². The van der Waals surface area contributed by atoms with Crippen LogP contribution in [-0.4, -0.2) is 38.2 Å². The molecule has 0 saturated carbocycles. The second-order valence-electron chi connectivity index (χ2n) is 2.17. The van der Waals surface area contributed by atoms with Gasteiger partial charge in [-0.2, -0.15) is 0 Å². The van der Waals surface area contributed by atoms with Gasteiger partial charge in [0.2, 0.25) is 0 Å². The molecule has 0 aliphatic carbocycles. The molecule has 6 heteroatoms. The minimum atomic E-state index is 0.0972. The first kappa shape index (κ1) is 9.56. The van der Waals surface area contributed by atoms with Crippen LogP contribution in [0.3, 0.4) is 0 Å². The number of aromatic nitrogens is 4. The molecule has 2 heterocycles. The number of aliphatic hydroxyl groups excluding tert-OH is 1. The zero-order chi connectivity index (χ0) is 9.52. The van der Waals surface area contributed by atoms with E-state index in [-0.39, 0.29) is 6.61 Å². The highest BCUT2D eigenvalue weighted by Crippen LogP contribution is 1.99. The Kier molecular flexibility index (Phi) is 3.80. The summed E-state index contributed by atoms with van der Waals surface area (Å²) in [6.07, 6.45) is 4.76. The fraction of sp³-hybridized carbons (Fsp3) is 0.286. The standard InChI is InChI=1S/C5H4N4.C2H7NO/c1-4-5(8-2-6-1)9-3-7-4;3-1-2-4/h1-3H,(H,6,7,8,9);4H,1-3H2. The summed E-state index contributed by atoms with van der Waals surface area (Å²) in [5, 5.41) is 7.75. The molecule has 0 aromatic carbocycles. The molecule has 2 rings (SSSR count). The van der Waals surface area contributed by atoms with Gasteiger partial charge in [0.05, 0.1) is 19.1 Å². The molecule has 4 N–H and O–H groups in total. The molecule has 13 heavy (non-hydrogen) atoms. The molecule has 0 amide bonds. The zero-order valence-electron chi connectivity index (χ0n) is 7.01. The van der Waals surface area contributed by atoms with Gasteiger partial charge in [0.15, 0.2) is 5.65 Å². The first-order valence-electron chi connectivity index (χ1n) is 3.78. The van der Waals surface area contributed by atoms with Crippen molar-refractivity contribution in [3.8, 4) is 0 Å². The molecular weight excluding hydrogens is 170 g/mol. The van der Waals surface area contributed by atoms with E-state index in [1.807, 2.05) is 0 Å². The van der Waals surface area contributed by atoms with Gasteiger partial charge in [-0.1, -0.05) is 0 Å². The van der Waals surface area contributed by atoms with Crippen molar-refractivity contribution >= 4 is 11.2 Å². The Morgan fingerprint density at radius 2 is 2.23 bits per heavy atom. The molecule has 70 valence electrons. The lowest BCUT2D eigenvalue weighted by molar-refractivity contribution is 0.306. The lowest BCUT2D eigenvalue weighted by Gasteiger charge is -1.80. The number of nitrogens with zero attached hydrogens (tertiary/aromatic N) is 3. The average molecular weight is 181 g/mol. The van der Waals surface area contributed by atoms with Crippen LogP contribution in [0.1, 0.15) is 0 Å². The van der Waals surface area contributed by atoms with E-state index >= 15 is 0 Å². The molecule has 0 unspecified atom stereocenters. The third-order valence-electron chi connectivity index (χ3n) is 1.23. The van der Waals surface area contributed by atoms with Crippen LogP contribution < -0.4 is 5.73 Å². The summed E-state index contributed by atoms with van der Waals surface area (Å²) in [4.78, 5) is 14.5. The largest absolute Gasteiger partial charge is 0.395 e. The normalized spacial score (nSPS) is 9.38. The van der Waals surface area contributed by atoms with Crippen molar-refractivity contribution in [3.05, 3.63) is 18.9 Å². The van der Waals surface area contributed by atoms with Gasteiger partial charge in [0, 0.05) is 6.54 Å². The molecule has 0 aliphatic heterocycles. The number of imidazole rings is 1. The van der Waals surface area contributed by atoms with Crippen molar-refractivity contribution in [2.45, 2.75) is 0 Å². The third kappa shape index (κ3) is 2.77. The summed E-state index contributed by atoms with van der Waals surface area (Å²) >= 11 is 0. The maximum absolute atomic E-state index is 7.75. The molecular formula is C7H11N5O. The maximum atomic E-state index is 7.75. The van der Waals surface area contributed by atoms with Crippen molar-refractivity contribution in [2.75, 3.05) is 13.2 Å². The molecule has 6 nitrogen and oxygen atoms in total. The highest BCUT2D eigenvalue weighted by Gasteiger charge is 1.91. The summed E-state index contributed by atoms with van der Waals surface area (Å²) in [7, 11) is 0. The third-order valence-corrected chi connectivity index (χ3v) is 1.23. The number of hydrogen-bond acceptors (Lipinski definition) is 5. The number of fused-ring (bicyclic) bond motifs is 1. The fourth-order valence-electron chi connectivity index (χ4n) is 0.691. The van der Waals surface area contributed by atoms with Crippen LogP contribution in [-0.2, 0) is 0 Å². The van der Waals surface area contributed by atoms with E-state index < -0.39 is 0 Å². The summed E-state index contributed by atoms with van der Waals surface area (Å²) in [5.41, 5.74) is 6.36. The Balaban J connectivity index is 0.000000184. The molecule has 0 aliphatic rings. The summed E-state index contributed by atoms with van der Waals surface area (Å²) in [6, 6.07) is 0. The molecule has 2 aromatic rings. The van der Waals surface area contributed by atoms with E-state index in [4.69, 9.17) is 10.8 Å². The monoisotopic (exact) mass is 181 g/mol. The molecule has 0 saturated heterocycles. The van der Waals surface area contributed by atoms with E-state index in [2.05, 4.69) is 19.9 Å². The predicted octanol–water partition coefficient (Wildman–Crippen LogP) is -0.710. The first-order chi connectivity index (χ1) is 6.38. The minimum absolute atomic E-state index is 0.0972. The number of hydrogen-bond donors (Lipinski definition) is 3. The topological polar surface area (TPSA) is 101 Å².